The van der Waals surface area contributed by atoms with Gasteiger partial charge in [-0.05, 0) is 60.7 Å². The standard InChI is InChI=1S/C27H21NO8S/c1-35-19-12-8-16(9-13-19)21(29)15-36-27(34)17-6-10-18(11-7-17)28-24(30)14-23(25(28)31)37-22-5-3-2-4-20(22)26(32)33/h2-13,23H,14-15H2,1H3,(H,32,33). The summed E-state index contributed by atoms with van der Waals surface area (Å²) in [6.45, 7) is -0.452. The molecule has 1 unspecified atom stereocenters. The summed E-state index contributed by atoms with van der Waals surface area (Å²) in [4.78, 5) is 63.1. The first-order valence-corrected chi connectivity index (χ1v) is 12.0. The number of thioether (sulfide) groups is 1. The third-order valence-electron chi connectivity index (χ3n) is 5.60. The fourth-order valence-electron chi connectivity index (χ4n) is 3.69. The van der Waals surface area contributed by atoms with E-state index in [2.05, 4.69) is 0 Å². The van der Waals surface area contributed by atoms with Crippen LogP contribution in [0.4, 0.5) is 5.69 Å². The molecule has 2 amide bonds. The predicted molar refractivity (Wildman–Crippen MR) is 134 cm³/mol. The molecule has 1 saturated heterocycles. The molecule has 37 heavy (non-hydrogen) atoms. The Bertz CT molecular complexity index is 1370. The fraction of sp³-hybridized carbons (Fsp3) is 0.148. The quantitative estimate of drug-likeness (QED) is 0.255. The normalized spacial score (nSPS) is 14.9. The van der Waals surface area contributed by atoms with E-state index in [0.29, 0.717) is 16.2 Å². The summed E-state index contributed by atoms with van der Waals surface area (Å²) in [6, 6.07) is 18.3. The van der Waals surface area contributed by atoms with E-state index in [1.165, 1.54) is 37.4 Å². The average Bonchev–Trinajstić information content (AvgIpc) is 3.19. The van der Waals surface area contributed by atoms with Crippen LogP contribution in [0.5, 0.6) is 5.75 Å². The van der Waals surface area contributed by atoms with Crippen LogP contribution in [0.25, 0.3) is 0 Å². The number of carboxylic acid groups (broad SMARTS) is 1. The van der Waals surface area contributed by atoms with Crippen molar-refractivity contribution in [1.82, 2.24) is 0 Å². The van der Waals surface area contributed by atoms with Gasteiger partial charge in [0.2, 0.25) is 11.8 Å². The number of imide groups is 1. The minimum atomic E-state index is -1.12. The molecule has 1 N–H and O–H groups in total. The van der Waals surface area contributed by atoms with Gasteiger partial charge in [0.05, 0.1) is 29.2 Å². The second kappa shape index (κ2) is 11.1. The number of carbonyl (C=O) groups is 5. The summed E-state index contributed by atoms with van der Waals surface area (Å²) in [5.74, 6) is -2.55. The number of aromatic carboxylic acids is 1. The Morgan fingerprint density at radius 2 is 1.59 bits per heavy atom. The average molecular weight is 520 g/mol. The van der Waals surface area contributed by atoms with Crippen molar-refractivity contribution in [3.05, 3.63) is 89.5 Å². The van der Waals surface area contributed by atoms with E-state index in [0.717, 1.165) is 16.7 Å². The lowest BCUT2D eigenvalue weighted by molar-refractivity contribution is -0.121. The molecule has 10 heteroatoms. The summed E-state index contributed by atoms with van der Waals surface area (Å²) < 4.78 is 10.1. The highest BCUT2D eigenvalue weighted by Crippen LogP contribution is 2.35. The molecule has 0 aromatic heterocycles. The number of hydrogen-bond acceptors (Lipinski definition) is 8. The molecule has 0 bridgehead atoms. The third kappa shape index (κ3) is 5.70. The Labute approximate surface area is 216 Å². The molecule has 9 nitrogen and oxygen atoms in total. The molecule has 1 aliphatic rings. The van der Waals surface area contributed by atoms with Gasteiger partial charge in [-0.2, -0.15) is 0 Å². The highest BCUT2D eigenvalue weighted by atomic mass is 32.2. The van der Waals surface area contributed by atoms with Crippen molar-refractivity contribution in [1.29, 1.82) is 0 Å². The Morgan fingerprint density at radius 3 is 2.24 bits per heavy atom. The number of anilines is 1. The number of esters is 1. The van der Waals surface area contributed by atoms with Crippen LogP contribution in [-0.4, -0.2) is 53.6 Å². The van der Waals surface area contributed by atoms with Crippen LogP contribution in [0.2, 0.25) is 0 Å². The van der Waals surface area contributed by atoms with Crippen molar-refractivity contribution in [3.8, 4) is 5.75 Å². The lowest BCUT2D eigenvalue weighted by Crippen LogP contribution is -2.31. The highest BCUT2D eigenvalue weighted by Gasteiger charge is 2.40. The zero-order valence-electron chi connectivity index (χ0n) is 19.6. The van der Waals surface area contributed by atoms with Crippen molar-refractivity contribution in [3.63, 3.8) is 0 Å². The predicted octanol–water partition coefficient (Wildman–Crippen LogP) is 3.86. The van der Waals surface area contributed by atoms with E-state index < -0.39 is 35.6 Å². The van der Waals surface area contributed by atoms with Crippen molar-refractivity contribution in [2.24, 2.45) is 0 Å². The summed E-state index contributed by atoms with van der Waals surface area (Å²) in [7, 11) is 1.51. The van der Waals surface area contributed by atoms with Crippen molar-refractivity contribution >= 4 is 47.0 Å². The summed E-state index contributed by atoms with van der Waals surface area (Å²) >= 11 is 1.03. The van der Waals surface area contributed by atoms with Crippen molar-refractivity contribution in [2.45, 2.75) is 16.6 Å². The summed E-state index contributed by atoms with van der Waals surface area (Å²) in [5.41, 5.74) is 0.843. The number of carbonyl (C=O) groups excluding carboxylic acids is 4. The zero-order chi connectivity index (χ0) is 26.5. The molecule has 0 saturated carbocycles. The number of ketones is 1. The van der Waals surface area contributed by atoms with E-state index in [1.807, 2.05) is 0 Å². The topological polar surface area (TPSA) is 127 Å². The summed E-state index contributed by atoms with van der Waals surface area (Å²) in [5, 5.41) is 8.59. The Hall–Kier alpha value is -4.44. The minimum absolute atomic E-state index is 0.0551. The fourth-order valence-corrected chi connectivity index (χ4v) is 4.87. The smallest absolute Gasteiger partial charge is 0.338 e. The number of ether oxygens (including phenoxy) is 2. The highest BCUT2D eigenvalue weighted by molar-refractivity contribution is 8.00. The van der Waals surface area contributed by atoms with Gasteiger partial charge in [0.1, 0.15) is 5.75 Å². The lowest BCUT2D eigenvalue weighted by Gasteiger charge is -2.15. The Morgan fingerprint density at radius 1 is 0.946 bits per heavy atom. The molecular formula is C27H21NO8S. The van der Waals surface area contributed by atoms with E-state index >= 15 is 0 Å². The lowest BCUT2D eigenvalue weighted by atomic mass is 10.1. The number of carboxylic acids is 1. The van der Waals surface area contributed by atoms with Gasteiger partial charge in [0.15, 0.2) is 12.4 Å². The zero-order valence-corrected chi connectivity index (χ0v) is 20.4. The maximum absolute atomic E-state index is 13.0. The monoisotopic (exact) mass is 519 g/mol. The minimum Gasteiger partial charge on any atom is -0.497 e. The molecule has 1 aliphatic heterocycles. The molecule has 4 rings (SSSR count). The maximum Gasteiger partial charge on any atom is 0.338 e. The van der Waals surface area contributed by atoms with Crippen LogP contribution in [0, 0.1) is 0 Å². The van der Waals surface area contributed by atoms with E-state index in [-0.39, 0.29) is 29.0 Å². The molecular weight excluding hydrogens is 498 g/mol. The second-order valence-electron chi connectivity index (χ2n) is 7.95. The number of nitrogens with zero attached hydrogens (tertiary/aromatic N) is 1. The van der Waals surface area contributed by atoms with Gasteiger partial charge < -0.3 is 14.6 Å². The van der Waals surface area contributed by atoms with Gasteiger partial charge >= 0.3 is 11.9 Å². The van der Waals surface area contributed by atoms with Crippen LogP contribution in [0.15, 0.2) is 77.7 Å². The molecule has 188 valence electrons. The number of Topliss-reactive ketones (excluding diaryl/α,β-unsaturated/α-hetero) is 1. The third-order valence-corrected chi connectivity index (χ3v) is 6.86. The van der Waals surface area contributed by atoms with Crippen LogP contribution < -0.4 is 9.64 Å². The van der Waals surface area contributed by atoms with Crippen LogP contribution >= 0.6 is 11.8 Å². The maximum atomic E-state index is 13.0. The van der Waals surface area contributed by atoms with Gasteiger partial charge in [-0.3, -0.25) is 14.4 Å². The number of rotatable bonds is 9. The van der Waals surface area contributed by atoms with Crippen molar-refractivity contribution < 1.29 is 38.6 Å². The van der Waals surface area contributed by atoms with Gasteiger partial charge in [-0.25, -0.2) is 14.5 Å². The Balaban J connectivity index is 1.39. The van der Waals surface area contributed by atoms with E-state index in [1.54, 1.807) is 42.5 Å². The number of hydrogen-bond donors (Lipinski definition) is 1. The van der Waals surface area contributed by atoms with Crippen LogP contribution in [0.1, 0.15) is 37.5 Å². The molecule has 3 aromatic rings. The molecule has 0 radical (unpaired) electrons. The van der Waals surface area contributed by atoms with Gasteiger partial charge in [-0.15, -0.1) is 11.8 Å². The molecule has 0 spiro atoms. The van der Waals surface area contributed by atoms with E-state index in [4.69, 9.17) is 9.47 Å². The Kier molecular flexibility index (Phi) is 7.69. The summed E-state index contributed by atoms with van der Waals surface area (Å²) in [6.07, 6.45) is -0.0886. The number of methoxy groups -OCH3 is 1. The molecule has 1 heterocycles. The van der Waals surface area contributed by atoms with Crippen molar-refractivity contribution in [2.75, 3.05) is 18.6 Å². The first kappa shape index (κ1) is 25.6. The second-order valence-corrected chi connectivity index (χ2v) is 9.20. The number of amides is 2. The van der Waals surface area contributed by atoms with Gasteiger partial charge in [0, 0.05) is 16.9 Å². The van der Waals surface area contributed by atoms with E-state index in [9.17, 15) is 29.1 Å². The first-order valence-electron chi connectivity index (χ1n) is 11.1. The number of benzene rings is 3. The van der Waals surface area contributed by atoms with Crippen LogP contribution in [-0.2, 0) is 14.3 Å². The molecule has 0 aliphatic carbocycles. The van der Waals surface area contributed by atoms with Gasteiger partial charge in [-0.1, -0.05) is 12.1 Å². The largest absolute Gasteiger partial charge is 0.497 e. The molecule has 3 aromatic carbocycles. The SMILES string of the molecule is COc1ccc(C(=O)COC(=O)c2ccc(N3C(=O)CC(Sc4ccccc4C(=O)O)C3=O)cc2)cc1. The van der Waals surface area contributed by atoms with Crippen LogP contribution in [0.3, 0.4) is 0 Å². The molecule has 1 fully saturated rings. The molecule has 1 atom stereocenters. The van der Waals surface area contributed by atoms with Gasteiger partial charge in [0.25, 0.3) is 0 Å². The first-order chi connectivity index (χ1) is 17.8.